The lowest BCUT2D eigenvalue weighted by atomic mass is 9.67. The summed E-state index contributed by atoms with van der Waals surface area (Å²) in [5.74, 6) is 0.340. The van der Waals surface area contributed by atoms with E-state index in [1.54, 1.807) is 0 Å². The van der Waals surface area contributed by atoms with Gasteiger partial charge in [-0.3, -0.25) is 3.93 Å². The molecule has 182 valence electrons. The highest BCUT2D eigenvalue weighted by Crippen LogP contribution is 2.57. The Bertz CT molecular complexity index is 1520. The zero-order chi connectivity index (χ0) is 25.5. The Morgan fingerprint density at radius 2 is 1.61 bits per heavy atom. The third kappa shape index (κ3) is 3.25. The molecule has 0 saturated heterocycles. The van der Waals surface area contributed by atoms with Crippen molar-refractivity contribution in [2.24, 2.45) is 0 Å². The number of allylic oxidation sites excluding steroid dienone is 3. The molecule has 0 N–H and O–H groups in total. The first-order valence-corrected chi connectivity index (χ1v) is 14.2. The second-order valence-electron chi connectivity index (χ2n) is 11.1. The summed E-state index contributed by atoms with van der Waals surface area (Å²) in [4.78, 5) is 0. The third-order valence-corrected chi connectivity index (χ3v) is 10.2. The highest BCUT2D eigenvalue weighted by Gasteiger charge is 2.44. The summed E-state index contributed by atoms with van der Waals surface area (Å²) in [6, 6.07) is 22.7. The number of rotatable bonds is 3. The first-order chi connectivity index (χ1) is 17.1. The molecule has 3 aromatic rings. The van der Waals surface area contributed by atoms with Crippen LogP contribution in [0.1, 0.15) is 73.9 Å². The van der Waals surface area contributed by atoms with E-state index in [1.165, 1.54) is 71.4 Å². The Labute approximate surface area is 232 Å². The molecular weight excluding hydrogens is 570 g/mol. The Morgan fingerprint density at radius 3 is 2.33 bits per heavy atom. The van der Waals surface area contributed by atoms with Crippen molar-refractivity contribution in [3.8, 4) is 0 Å². The molecule has 0 fully saturated rings. The third-order valence-electron chi connectivity index (χ3n) is 8.71. The van der Waals surface area contributed by atoms with Crippen molar-refractivity contribution in [3.63, 3.8) is 0 Å². The van der Waals surface area contributed by atoms with Crippen LogP contribution in [0.4, 0.5) is 5.69 Å². The fraction of sp³-hybridized carbons (Fsp3) is 0.273. The molecule has 0 spiro atoms. The van der Waals surface area contributed by atoms with Crippen molar-refractivity contribution in [3.05, 3.63) is 115 Å². The molecule has 0 bridgehead atoms. The summed E-state index contributed by atoms with van der Waals surface area (Å²) in [5, 5.41) is 0. The van der Waals surface area contributed by atoms with Crippen molar-refractivity contribution >= 4 is 55.0 Å². The maximum atomic E-state index is 3.98. The standard InChI is InChI=1S/C33H31Br2N/c1-18-16-28-25(30-29(22-11-8-7-9-12-22)20(3)21(4)32(30)36(28)35)17-26(18)33(5,6)31-19(2)15-24-23(31)13-10-14-27(24)34/h7-17,31-32H,1-6H3. The van der Waals surface area contributed by atoms with Gasteiger partial charge in [-0.25, -0.2) is 0 Å². The molecule has 3 aromatic carbocycles. The predicted molar refractivity (Wildman–Crippen MR) is 162 cm³/mol. The van der Waals surface area contributed by atoms with Gasteiger partial charge < -0.3 is 0 Å². The number of hydrogen-bond acceptors (Lipinski definition) is 1. The molecule has 2 atom stereocenters. The fourth-order valence-electron chi connectivity index (χ4n) is 7.05. The largest absolute Gasteiger partial charge is 0.297 e. The maximum absolute atomic E-state index is 3.98. The van der Waals surface area contributed by atoms with E-state index in [4.69, 9.17) is 0 Å². The van der Waals surface area contributed by atoms with E-state index < -0.39 is 0 Å². The van der Waals surface area contributed by atoms with E-state index in [9.17, 15) is 0 Å². The molecule has 2 unspecified atom stereocenters. The molecule has 1 aliphatic heterocycles. The number of benzene rings is 3. The number of hydrogen-bond donors (Lipinski definition) is 0. The lowest BCUT2D eigenvalue weighted by molar-refractivity contribution is 0.456. The van der Waals surface area contributed by atoms with E-state index in [-0.39, 0.29) is 11.5 Å². The molecule has 6 rings (SSSR count). The summed E-state index contributed by atoms with van der Waals surface area (Å²) in [6.07, 6.45) is 2.37. The lowest BCUT2D eigenvalue weighted by Crippen LogP contribution is -2.28. The molecule has 0 saturated carbocycles. The summed E-state index contributed by atoms with van der Waals surface area (Å²) in [7, 11) is 0. The minimum Gasteiger partial charge on any atom is -0.297 e. The summed E-state index contributed by atoms with van der Waals surface area (Å²) in [6.45, 7) is 14.0. The zero-order valence-electron chi connectivity index (χ0n) is 21.7. The van der Waals surface area contributed by atoms with Gasteiger partial charge in [0, 0.05) is 21.4 Å². The van der Waals surface area contributed by atoms with Crippen LogP contribution in [0.2, 0.25) is 0 Å². The molecule has 1 nitrogen and oxygen atoms in total. The first-order valence-electron chi connectivity index (χ1n) is 12.7. The molecule has 3 aliphatic rings. The Morgan fingerprint density at radius 1 is 0.889 bits per heavy atom. The van der Waals surface area contributed by atoms with E-state index in [1.807, 2.05) is 0 Å². The Balaban J connectivity index is 1.56. The van der Waals surface area contributed by atoms with Gasteiger partial charge in [-0.2, -0.15) is 0 Å². The van der Waals surface area contributed by atoms with Gasteiger partial charge in [0.1, 0.15) is 0 Å². The topological polar surface area (TPSA) is 3.24 Å². The smallest absolute Gasteiger partial charge is 0.0882 e. The number of fused-ring (bicyclic) bond motifs is 4. The molecule has 1 heterocycles. The molecule has 0 aromatic heterocycles. The van der Waals surface area contributed by atoms with Crippen molar-refractivity contribution in [2.75, 3.05) is 3.93 Å². The second kappa shape index (κ2) is 8.33. The van der Waals surface area contributed by atoms with Crippen molar-refractivity contribution in [1.29, 1.82) is 0 Å². The van der Waals surface area contributed by atoms with Crippen LogP contribution in [-0.4, -0.2) is 6.04 Å². The molecule has 3 heteroatoms. The number of halogens is 2. The van der Waals surface area contributed by atoms with Gasteiger partial charge in [0.15, 0.2) is 0 Å². The average molecular weight is 601 g/mol. The number of nitrogens with zero attached hydrogens (tertiary/aromatic N) is 1. The second-order valence-corrected chi connectivity index (χ2v) is 12.8. The van der Waals surface area contributed by atoms with E-state index >= 15 is 0 Å². The highest BCUT2D eigenvalue weighted by molar-refractivity contribution is 9.10. The molecular formula is C33H31Br2N. The normalized spacial score (nSPS) is 20.7. The van der Waals surface area contributed by atoms with Crippen molar-refractivity contribution in [1.82, 2.24) is 0 Å². The van der Waals surface area contributed by atoms with Gasteiger partial charge in [-0.1, -0.05) is 83.9 Å². The molecule has 0 radical (unpaired) electrons. The van der Waals surface area contributed by atoms with Gasteiger partial charge in [-0.15, -0.1) is 0 Å². The van der Waals surface area contributed by atoms with E-state index in [0.717, 1.165) is 0 Å². The number of aryl methyl sites for hydroxylation is 1. The van der Waals surface area contributed by atoms with E-state index in [0.29, 0.717) is 5.92 Å². The van der Waals surface area contributed by atoms with Crippen LogP contribution in [0.25, 0.3) is 17.2 Å². The van der Waals surface area contributed by atoms with Gasteiger partial charge >= 0.3 is 0 Å². The van der Waals surface area contributed by atoms with Gasteiger partial charge in [0.05, 0.1) is 27.9 Å². The lowest BCUT2D eigenvalue weighted by Gasteiger charge is -2.36. The van der Waals surface area contributed by atoms with Crippen molar-refractivity contribution < 1.29 is 0 Å². The Hall–Kier alpha value is -2.36. The SMILES string of the molecule is CC1=Cc2c(Br)cccc2C1C(C)(C)c1cc2c(cc1C)N(Br)C1C(C)=C(C)C(c3ccccc3)=C21. The maximum Gasteiger partial charge on any atom is 0.0882 e. The van der Waals surface area contributed by atoms with E-state index in [2.05, 4.69) is 144 Å². The van der Waals surface area contributed by atoms with Crippen LogP contribution in [-0.2, 0) is 5.41 Å². The molecule has 2 aliphatic carbocycles. The Kier molecular flexibility index (Phi) is 5.55. The predicted octanol–water partition coefficient (Wildman–Crippen LogP) is 10.00. The zero-order valence-corrected chi connectivity index (χ0v) is 24.9. The summed E-state index contributed by atoms with van der Waals surface area (Å²) in [5.41, 5.74) is 16.5. The average Bonchev–Trinajstić information content (AvgIpc) is 3.43. The molecule has 36 heavy (non-hydrogen) atoms. The van der Waals surface area contributed by atoms with Crippen LogP contribution < -0.4 is 3.93 Å². The summed E-state index contributed by atoms with van der Waals surface area (Å²) < 4.78 is 3.49. The first kappa shape index (κ1) is 24.0. The van der Waals surface area contributed by atoms with Crippen LogP contribution in [0.5, 0.6) is 0 Å². The van der Waals surface area contributed by atoms with Gasteiger partial charge in [-0.05, 0) is 96.0 Å². The summed E-state index contributed by atoms with van der Waals surface area (Å²) >= 11 is 7.77. The quantitative estimate of drug-likeness (QED) is 0.270. The van der Waals surface area contributed by atoms with Crippen LogP contribution in [0.3, 0.4) is 0 Å². The molecule has 0 amide bonds. The van der Waals surface area contributed by atoms with Crippen LogP contribution >= 0.6 is 32.1 Å². The van der Waals surface area contributed by atoms with Crippen molar-refractivity contribution in [2.45, 2.75) is 58.9 Å². The van der Waals surface area contributed by atoms with Crippen LogP contribution in [0.15, 0.2) is 81.9 Å². The minimum absolute atomic E-state index is 0.0649. The fourth-order valence-corrected chi connectivity index (χ4v) is 8.35. The van der Waals surface area contributed by atoms with Crippen LogP contribution in [0, 0.1) is 6.92 Å². The van der Waals surface area contributed by atoms with Gasteiger partial charge in [0.25, 0.3) is 0 Å². The minimum atomic E-state index is -0.0649. The number of anilines is 1. The monoisotopic (exact) mass is 599 g/mol. The highest BCUT2D eigenvalue weighted by atomic mass is 79.9. The van der Waals surface area contributed by atoms with Gasteiger partial charge in [0.2, 0.25) is 0 Å².